The summed E-state index contributed by atoms with van der Waals surface area (Å²) in [5, 5.41) is 15.3. The highest BCUT2D eigenvalue weighted by molar-refractivity contribution is 5.99. The van der Waals surface area contributed by atoms with Gasteiger partial charge in [0.2, 0.25) is 5.43 Å². The number of ether oxygens (including phenoxy) is 1. The Morgan fingerprint density at radius 1 is 1.31 bits per heavy atom. The second-order valence-corrected chi connectivity index (χ2v) is 6.87. The van der Waals surface area contributed by atoms with Gasteiger partial charge in [-0.05, 0) is 18.6 Å². The summed E-state index contributed by atoms with van der Waals surface area (Å²) in [6, 6.07) is 2.62. The molecule has 0 radical (unpaired) electrons. The first kappa shape index (κ1) is 19.1. The number of nitrogens with zero attached hydrogens (tertiary/aromatic N) is 1. The molecule has 1 fully saturated rings. The van der Waals surface area contributed by atoms with E-state index in [0.29, 0.717) is 13.0 Å². The van der Waals surface area contributed by atoms with Crippen LogP contribution in [-0.4, -0.2) is 40.7 Å². The van der Waals surface area contributed by atoms with Crippen LogP contribution in [-0.2, 0) is 11.3 Å². The highest BCUT2D eigenvalue weighted by Gasteiger charge is 2.38. The maximum Gasteiger partial charge on any atom is 0.272 e. The third-order valence-electron chi connectivity index (χ3n) is 5.15. The van der Waals surface area contributed by atoms with Crippen molar-refractivity contribution in [2.45, 2.75) is 25.0 Å². The van der Waals surface area contributed by atoms with Crippen molar-refractivity contribution in [3.63, 3.8) is 0 Å². The van der Waals surface area contributed by atoms with E-state index in [4.69, 9.17) is 4.74 Å². The van der Waals surface area contributed by atoms with E-state index in [2.05, 4.69) is 10.6 Å². The first-order valence-electron chi connectivity index (χ1n) is 8.96. The molecule has 1 aromatic heterocycles. The molecule has 2 atom stereocenters. The average Bonchev–Trinajstić information content (AvgIpc) is 2.69. The lowest BCUT2D eigenvalue weighted by atomic mass is 9.98. The van der Waals surface area contributed by atoms with Gasteiger partial charge < -0.3 is 25.0 Å². The highest BCUT2D eigenvalue weighted by Crippen LogP contribution is 2.30. The summed E-state index contributed by atoms with van der Waals surface area (Å²) in [6.07, 6.45) is 1.70. The minimum atomic E-state index is -1.04. The van der Waals surface area contributed by atoms with Crippen molar-refractivity contribution in [2.24, 2.45) is 0 Å². The largest absolute Gasteiger partial charge is 0.503 e. The minimum Gasteiger partial charge on any atom is -0.503 e. The Morgan fingerprint density at radius 3 is 2.76 bits per heavy atom. The summed E-state index contributed by atoms with van der Waals surface area (Å²) in [6.45, 7) is 0.188. The first-order chi connectivity index (χ1) is 13.9. The topological polar surface area (TPSA) is 110 Å². The lowest BCUT2D eigenvalue weighted by Gasteiger charge is -2.39. The van der Waals surface area contributed by atoms with Crippen molar-refractivity contribution in [3.05, 3.63) is 63.1 Å². The smallest absolute Gasteiger partial charge is 0.272 e. The van der Waals surface area contributed by atoms with Crippen LogP contribution in [0.5, 0.6) is 5.75 Å². The van der Waals surface area contributed by atoms with Gasteiger partial charge in [0.1, 0.15) is 17.2 Å². The average molecular weight is 405 g/mol. The normalized spacial score (nSPS) is 20.4. The van der Waals surface area contributed by atoms with Gasteiger partial charge in [-0.2, -0.15) is 0 Å². The number of carbonyl (C=O) groups excluding carboxylic acids is 2. The van der Waals surface area contributed by atoms with Gasteiger partial charge in [-0.25, -0.2) is 8.78 Å². The summed E-state index contributed by atoms with van der Waals surface area (Å²) in [7, 11) is 0. The molecule has 0 aliphatic carbocycles. The molecule has 3 heterocycles. The fraction of sp³-hybridized carbons (Fsp3) is 0.316. The Hall–Kier alpha value is -3.27. The van der Waals surface area contributed by atoms with Gasteiger partial charge in [-0.3, -0.25) is 14.4 Å². The van der Waals surface area contributed by atoms with Crippen LogP contribution >= 0.6 is 0 Å². The van der Waals surface area contributed by atoms with Crippen molar-refractivity contribution in [3.8, 4) is 5.75 Å². The predicted octanol–water partition coefficient (Wildman–Crippen LogP) is 0.835. The van der Waals surface area contributed by atoms with Gasteiger partial charge in [-0.15, -0.1) is 0 Å². The monoisotopic (exact) mass is 405 g/mol. The minimum absolute atomic E-state index is 0.227. The SMILES string of the molecule is O=C(NCc1c(F)cccc1F)c1cn2c(c(O)c1=O)C(=O)N[C@H]1COCC[C@H]12. The highest BCUT2D eigenvalue weighted by atomic mass is 19.1. The number of rotatable bonds is 3. The molecular weight excluding hydrogens is 388 g/mol. The second-order valence-electron chi connectivity index (χ2n) is 6.87. The van der Waals surface area contributed by atoms with Gasteiger partial charge in [0, 0.05) is 24.9 Å². The Labute approximate surface area is 163 Å². The van der Waals surface area contributed by atoms with Crippen molar-refractivity contribution in [2.75, 3.05) is 13.2 Å². The van der Waals surface area contributed by atoms with Crippen LogP contribution in [0.4, 0.5) is 8.78 Å². The number of benzene rings is 1. The Morgan fingerprint density at radius 2 is 2.03 bits per heavy atom. The van der Waals surface area contributed by atoms with Crippen LogP contribution in [0.25, 0.3) is 0 Å². The molecule has 4 rings (SSSR count). The molecule has 8 nitrogen and oxygen atoms in total. The number of nitrogens with one attached hydrogen (secondary N) is 2. The van der Waals surface area contributed by atoms with E-state index >= 15 is 0 Å². The number of aromatic hydroxyl groups is 1. The van der Waals surface area contributed by atoms with E-state index in [0.717, 1.165) is 12.1 Å². The standard InChI is InChI=1S/C19H17F2N3O5/c20-11-2-1-3-12(21)9(11)6-22-18(27)10-7-24-14-4-5-29-8-13(14)23-19(28)15(24)17(26)16(10)25/h1-3,7,13-14,26H,4-6,8H2,(H,22,27)(H,23,28)/t13-,14+/m0/s1. The van der Waals surface area contributed by atoms with Crippen LogP contribution in [0.1, 0.15) is 38.9 Å². The molecule has 0 unspecified atom stereocenters. The molecule has 1 aromatic carbocycles. The molecule has 3 N–H and O–H groups in total. The molecule has 10 heteroatoms. The molecule has 1 saturated heterocycles. The summed E-state index contributed by atoms with van der Waals surface area (Å²) in [4.78, 5) is 37.3. The number of amides is 2. The number of fused-ring (bicyclic) bond motifs is 3. The maximum atomic E-state index is 13.7. The zero-order valence-corrected chi connectivity index (χ0v) is 15.1. The van der Waals surface area contributed by atoms with Crippen LogP contribution in [0.2, 0.25) is 0 Å². The molecular formula is C19H17F2N3O5. The lowest BCUT2D eigenvalue weighted by molar-refractivity contribution is 0.0290. The van der Waals surface area contributed by atoms with Crippen LogP contribution in [0.15, 0.2) is 29.2 Å². The summed E-state index contributed by atoms with van der Waals surface area (Å²) < 4.78 is 34.2. The van der Waals surface area contributed by atoms with Gasteiger partial charge >= 0.3 is 0 Å². The molecule has 29 heavy (non-hydrogen) atoms. The predicted molar refractivity (Wildman–Crippen MR) is 95.6 cm³/mol. The zero-order chi connectivity index (χ0) is 20.7. The van der Waals surface area contributed by atoms with Crippen molar-refractivity contribution < 1.29 is 28.2 Å². The molecule has 152 valence electrons. The molecule has 0 saturated carbocycles. The Balaban J connectivity index is 1.68. The van der Waals surface area contributed by atoms with Gasteiger partial charge in [0.05, 0.1) is 18.7 Å². The van der Waals surface area contributed by atoms with Crippen molar-refractivity contribution >= 4 is 11.8 Å². The number of hydrogen-bond acceptors (Lipinski definition) is 5. The van der Waals surface area contributed by atoms with E-state index in [9.17, 15) is 28.3 Å². The molecule has 0 spiro atoms. The van der Waals surface area contributed by atoms with Crippen molar-refractivity contribution in [1.82, 2.24) is 15.2 Å². The number of halogens is 2. The van der Waals surface area contributed by atoms with E-state index in [-0.39, 0.29) is 29.9 Å². The van der Waals surface area contributed by atoms with E-state index < -0.39 is 46.7 Å². The first-order valence-corrected chi connectivity index (χ1v) is 8.96. The van der Waals surface area contributed by atoms with Gasteiger partial charge in [0.15, 0.2) is 11.4 Å². The zero-order valence-electron chi connectivity index (χ0n) is 15.1. The van der Waals surface area contributed by atoms with E-state index in [1.807, 2.05) is 0 Å². The second kappa shape index (κ2) is 7.28. The molecule has 2 aliphatic heterocycles. The quantitative estimate of drug-likeness (QED) is 0.701. The van der Waals surface area contributed by atoms with E-state index in [1.165, 1.54) is 16.8 Å². The number of pyridine rings is 1. The summed E-state index contributed by atoms with van der Waals surface area (Å²) >= 11 is 0. The van der Waals surface area contributed by atoms with Gasteiger partial charge in [0.25, 0.3) is 11.8 Å². The molecule has 2 amide bonds. The fourth-order valence-electron chi connectivity index (χ4n) is 3.67. The molecule has 2 aromatic rings. The third kappa shape index (κ3) is 3.25. The third-order valence-corrected chi connectivity index (χ3v) is 5.15. The molecule has 0 bridgehead atoms. The van der Waals surface area contributed by atoms with Crippen molar-refractivity contribution in [1.29, 1.82) is 0 Å². The van der Waals surface area contributed by atoms with E-state index in [1.54, 1.807) is 0 Å². The fourth-order valence-corrected chi connectivity index (χ4v) is 3.67. The summed E-state index contributed by atoms with van der Waals surface area (Å²) in [5.74, 6) is -4.09. The number of hydrogen-bond donors (Lipinski definition) is 3. The Kier molecular flexibility index (Phi) is 4.79. The lowest BCUT2D eigenvalue weighted by Crippen LogP contribution is -2.53. The number of aromatic nitrogens is 1. The van der Waals surface area contributed by atoms with Gasteiger partial charge in [-0.1, -0.05) is 6.07 Å². The van der Waals surface area contributed by atoms with Crippen LogP contribution in [0, 0.1) is 11.6 Å². The maximum absolute atomic E-state index is 13.7. The van der Waals surface area contributed by atoms with Crippen LogP contribution in [0.3, 0.4) is 0 Å². The Bertz CT molecular complexity index is 1050. The van der Waals surface area contributed by atoms with Crippen LogP contribution < -0.4 is 16.1 Å². The summed E-state index contributed by atoms with van der Waals surface area (Å²) in [5.41, 5.74) is -2.05. The number of carbonyl (C=O) groups is 2. The molecule has 2 aliphatic rings.